The van der Waals surface area contributed by atoms with E-state index in [9.17, 15) is 22.0 Å². The van der Waals surface area contributed by atoms with Crippen LogP contribution in [0.4, 0.5) is 8.78 Å². The smallest absolute Gasteiger partial charge is 0.238 e. The monoisotopic (exact) mass is 369 g/mol. The zero-order chi connectivity index (χ0) is 17.8. The molecule has 3 atom stereocenters. The van der Waals surface area contributed by atoms with Crippen LogP contribution in [0.25, 0.3) is 0 Å². The molecule has 0 aliphatic heterocycles. The summed E-state index contributed by atoms with van der Waals surface area (Å²) in [7, 11) is -3.67. The molecule has 0 spiro atoms. The fraction of sp³-hybridized carbons (Fsp3) is 0.611. The van der Waals surface area contributed by atoms with Gasteiger partial charge in [-0.1, -0.05) is 18.9 Å². The molecule has 1 aromatic rings. The van der Waals surface area contributed by atoms with Crippen molar-refractivity contribution in [3.05, 3.63) is 35.4 Å². The van der Waals surface area contributed by atoms with Crippen LogP contribution in [0.1, 0.15) is 50.0 Å². The minimum Gasteiger partial charge on any atom is -0.274 e. The van der Waals surface area contributed by atoms with Gasteiger partial charge in [0.15, 0.2) is 11.6 Å². The van der Waals surface area contributed by atoms with Gasteiger partial charge < -0.3 is 0 Å². The molecular formula is C18H21F2NO3S. The van der Waals surface area contributed by atoms with E-state index >= 15 is 0 Å². The van der Waals surface area contributed by atoms with Crippen LogP contribution in [-0.4, -0.2) is 19.6 Å². The summed E-state index contributed by atoms with van der Waals surface area (Å²) in [5, 5.41) is -0.468. The lowest BCUT2D eigenvalue weighted by Gasteiger charge is -2.41. The number of hydrogen-bond donors (Lipinski definition) is 1. The summed E-state index contributed by atoms with van der Waals surface area (Å²) in [5.74, 6) is -2.52. The van der Waals surface area contributed by atoms with Crippen LogP contribution in [0.15, 0.2) is 18.2 Å². The zero-order valence-electron chi connectivity index (χ0n) is 13.8. The molecule has 25 heavy (non-hydrogen) atoms. The molecule has 7 heteroatoms. The van der Waals surface area contributed by atoms with Gasteiger partial charge in [0.2, 0.25) is 15.9 Å². The molecule has 4 aliphatic carbocycles. The van der Waals surface area contributed by atoms with Crippen LogP contribution in [-0.2, 0) is 14.8 Å². The Labute approximate surface area is 146 Å². The van der Waals surface area contributed by atoms with Crippen molar-refractivity contribution in [2.45, 2.75) is 49.7 Å². The molecule has 5 rings (SSSR count). The summed E-state index contributed by atoms with van der Waals surface area (Å²) < 4.78 is 53.8. The Kier molecular flexibility index (Phi) is 4.09. The number of sulfonamides is 1. The van der Waals surface area contributed by atoms with Crippen LogP contribution < -0.4 is 4.72 Å². The Morgan fingerprint density at radius 1 is 1.04 bits per heavy atom. The fourth-order valence-electron chi connectivity index (χ4n) is 4.58. The molecule has 136 valence electrons. The van der Waals surface area contributed by atoms with Gasteiger partial charge in [0.05, 0.1) is 5.25 Å². The van der Waals surface area contributed by atoms with Gasteiger partial charge in [0.1, 0.15) is 0 Å². The van der Waals surface area contributed by atoms with Crippen molar-refractivity contribution in [1.29, 1.82) is 0 Å². The molecule has 0 saturated heterocycles. The largest absolute Gasteiger partial charge is 0.274 e. The summed E-state index contributed by atoms with van der Waals surface area (Å²) in [6, 6.07) is 3.57. The van der Waals surface area contributed by atoms with E-state index in [4.69, 9.17) is 0 Å². The van der Waals surface area contributed by atoms with Crippen LogP contribution >= 0.6 is 0 Å². The third kappa shape index (κ3) is 3.18. The van der Waals surface area contributed by atoms with Crippen molar-refractivity contribution in [1.82, 2.24) is 4.72 Å². The van der Waals surface area contributed by atoms with Crippen molar-refractivity contribution in [2.24, 2.45) is 17.8 Å². The van der Waals surface area contributed by atoms with Crippen molar-refractivity contribution >= 4 is 15.9 Å². The van der Waals surface area contributed by atoms with Crippen LogP contribution in [0.2, 0.25) is 0 Å². The molecule has 4 saturated carbocycles. The third-order valence-electron chi connectivity index (χ3n) is 6.12. The number of halogens is 2. The van der Waals surface area contributed by atoms with Crippen molar-refractivity contribution in [3.8, 4) is 0 Å². The quantitative estimate of drug-likeness (QED) is 0.887. The average Bonchev–Trinajstić information content (AvgIpc) is 3.39. The summed E-state index contributed by atoms with van der Waals surface area (Å²) in [6.07, 6.45) is 5.13. The summed E-state index contributed by atoms with van der Waals surface area (Å²) in [4.78, 5) is 12.3. The molecule has 0 radical (unpaired) electrons. The lowest BCUT2D eigenvalue weighted by molar-refractivity contribution is -0.120. The zero-order valence-corrected chi connectivity index (χ0v) is 14.6. The Morgan fingerprint density at radius 3 is 2.36 bits per heavy atom. The van der Waals surface area contributed by atoms with Gasteiger partial charge in [-0.05, 0) is 61.1 Å². The highest BCUT2D eigenvalue weighted by Crippen LogP contribution is 2.48. The molecule has 2 bridgehead atoms. The second kappa shape index (κ2) is 6.04. The van der Waals surface area contributed by atoms with Gasteiger partial charge in [-0.25, -0.2) is 17.2 Å². The van der Waals surface area contributed by atoms with Crippen LogP contribution in [0.5, 0.6) is 0 Å². The first-order valence-electron chi connectivity index (χ1n) is 8.85. The van der Waals surface area contributed by atoms with Crippen molar-refractivity contribution in [2.75, 3.05) is 0 Å². The molecule has 1 N–H and O–H groups in total. The fourth-order valence-corrected chi connectivity index (χ4v) is 6.47. The van der Waals surface area contributed by atoms with Crippen molar-refractivity contribution < 1.29 is 22.0 Å². The molecule has 0 heterocycles. The minimum absolute atomic E-state index is 0.150. The maximum absolute atomic E-state index is 13.3. The van der Waals surface area contributed by atoms with E-state index in [1.807, 2.05) is 0 Å². The van der Waals surface area contributed by atoms with E-state index < -0.39 is 38.7 Å². The van der Waals surface area contributed by atoms with E-state index in [-0.39, 0.29) is 11.8 Å². The number of carbonyl (C=O) groups is 1. The van der Waals surface area contributed by atoms with E-state index in [1.165, 1.54) is 6.07 Å². The van der Waals surface area contributed by atoms with E-state index in [1.54, 1.807) is 0 Å². The first-order chi connectivity index (χ1) is 11.8. The lowest BCUT2D eigenvalue weighted by atomic mass is 9.70. The van der Waals surface area contributed by atoms with E-state index in [2.05, 4.69) is 4.72 Å². The maximum Gasteiger partial charge on any atom is 0.238 e. The minimum atomic E-state index is -3.67. The van der Waals surface area contributed by atoms with E-state index in [0.717, 1.165) is 37.8 Å². The Hall–Kier alpha value is -1.50. The Bertz CT molecular complexity index is 803. The molecule has 0 aromatic heterocycles. The molecule has 1 aromatic carbocycles. The number of nitrogens with one attached hydrogen (secondary N) is 1. The standard InChI is InChI=1S/C18H21F2NO3S/c19-15-6-5-12(8-16(15)20)13-9-14(13)18(22)21-25(23,24)17-7-10-1-3-11(17)4-2-10/h5-6,8,10-11,13-14,17H,1-4,7,9H2,(H,21,22). The molecule has 4 fully saturated rings. The number of fused-ring (bicyclic) bond motifs is 3. The second-order valence-corrected chi connectivity index (χ2v) is 9.59. The highest BCUT2D eigenvalue weighted by atomic mass is 32.2. The van der Waals surface area contributed by atoms with E-state index in [0.29, 0.717) is 24.3 Å². The number of carbonyl (C=O) groups excluding carboxylic acids is 1. The average molecular weight is 369 g/mol. The second-order valence-electron chi connectivity index (χ2n) is 7.69. The summed E-state index contributed by atoms with van der Waals surface area (Å²) in [5.41, 5.74) is 0.535. The number of hydrogen-bond acceptors (Lipinski definition) is 3. The number of rotatable bonds is 4. The van der Waals surface area contributed by atoms with Crippen LogP contribution in [0.3, 0.4) is 0 Å². The topological polar surface area (TPSA) is 63.2 Å². The molecule has 4 aliphatic rings. The highest BCUT2D eigenvalue weighted by molar-refractivity contribution is 7.90. The van der Waals surface area contributed by atoms with Gasteiger partial charge in [-0.15, -0.1) is 0 Å². The first kappa shape index (κ1) is 16.9. The molecular weight excluding hydrogens is 348 g/mol. The Morgan fingerprint density at radius 2 is 1.76 bits per heavy atom. The highest BCUT2D eigenvalue weighted by Gasteiger charge is 2.48. The van der Waals surface area contributed by atoms with Gasteiger partial charge in [-0.2, -0.15) is 0 Å². The molecule has 3 unspecified atom stereocenters. The van der Waals surface area contributed by atoms with Crippen LogP contribution in [0, 0.1) is 29.4 Å². The SMILES string of the molecule is O=C(NS(=O)(=O)C1CC2CCC1CC2)C1CC1c1ccc(F)c(F)c1. The Balaban J connectivity index is 1.41. The maximum atomic E-state index is 13.3. The predicted octanol–water partition coefficient (Wildman–Crippen LogP) is 3.09. The predicted molar refractivity (Wildman–Crippen MR) is 88.1 cm³/mol. The van der Waals surface area contributed by atoms with Gasteiger partial charge >= 0.3 is 0 Å². The van der Waals surface area contributed by atoms with Gasteiger partial charge in [0, 0.05) is 5.92 Å². The summed E-state index contributed by atoms with van der Waals surface area (Å²) >= 11 is 0. The number of amides is 1. The lowest BCUT2D eigenvalue weighted by Crippen LogP contribution is -2.47. The third-order valence-corrected chi connectivity index (χ3v) is 7.98. The molecule has 1 amide bonds. The van der Waals surface area contributed by atoms with Gasteiger partial charge in [-0.3, -0.25) is 9.52 Å². The first-order valence-corrected chi connectivity index (χ1v) is 10.4. The summed E-state index contributed by atoms with van der Waals surface area (Å²) in [6.45, 7) is 0. The molecule has 4 nitrogen and oxygen atoms in total. The number of benzene rings is 1. The normalized spacial score (nSPS) is 33.9. The van der Waals surface area contributed by atoms with Crippen molar-refractivity contribution in [3.63, 3.8) is 0 Å². The van der Waals surface area contributed by atoms with Gasteiger partial charge in [0.25, 0.3) is 0 Å².